The first-order valence-electron chi connectivity index (χ1n) is 12.7. The predicted molar refractivity (Wildman–Crippen MR) is 140 cm³/mol. The van der Waals surface area contributed by atoms with Gasteiger partial charge in [0.25, 0.3) is 0 Å². The van der Waals surface area contributed by atoms with Crippen molar-refractivity contribution in [1.82, 2.24) is 4.90 Å². The Hall–Kier alpha value is -3.38. The summed E-state index contributed by atoms with van der Waals surface area (Å²) in [5.41, 5.74) is 1.18. The number of carbonyl (C=O) groups excluding carboxylic acids is 1. The molecule has 1 aromatic carbocycles. The molecule has 1 heterocycles. The molecule has 1 atom stereocenters. The summed E-state index contributed by atoms with van der Waals surface area (Å²) < 4.78 is 20.2. The normalized spacial score (nSPS) is 22.9. The molecule has 5 nitrogen and oxygen atoms in total. The molecular formula is C30H38FN3O2. The zero-order chi connectivity index (χ0) is 26.9. The number of hydrogen-bond donors (Lipinski definition) is 0. The number of nitrogens with zero attached hydrogens (tertiary/aromatic N) is 3. The Kier molecular flexibility index (Phi) is 10.5. The van der Waals surface area contributed by atoms with Gasteiger partial charge < -0.3 is 9.64 Å². The van der Waals surface area contributed by atoms with Crippen molar-refractivity contribution in [3.63, 3.8) is 0 Å². The molecule has 1 unspecified atom stereocenters. The molecule has 192 valence electrons. The lowest BCUT2D eigenvalue weighted by Gasteiger charge is -2.43. The molecule has 1 aliphatic carbocycles. The Labute approximate surface area is 215 Å². The Morgan fingerprint density at radius 3 is 2.50 bits per heavy atom. The minimum absolute atomic E-state index is 0.0444. The third-order valence-corrected chi connectivity index (χ3v) is 6.68. The SMILES string of the molecule is C/C=C(C#N)\C=C(/CCC)OC1CC(C(=O)N2C(c3cc(F)cc(C#N)c3)CCC2(C)C)C1.C=CC. The summed E-state index contributed by atoms with van der Waals surface area (Å²) in [4.78, 5) is 15.4. The fraction of sp³-hybridized carbons (Fsp3) is 0.500. The Morgan fingerprint density at radius 2 is 1.94 bits per heavy atom. The molecule has 1 aromatic rings. The Bertz CT molecular complexity index is 1080. The zero-order valence-electron chi connectivity index (χ0n) is 22.2. The van der Waals surface area contributed by atoms with E-state index in [4.69, 9.17) is 4.74 Å². The van der Waals surface area contributed by atoms with Gasteiger partial charge in [-0.15, -0.1) is 6.58 Å². The van der Waals surface area contributed by atoms with Crippen molar-refractivity contribution in [3.8, 4) is 12.1 Å². The van der Waals surface area contributed by atoms with Gasteiger partial charge >= 0.3 is 0 Å². The van der Waals surface area contributed by atoms with Gasteiger partial charge in [0.1, 0.15) is 5.82 Å². The smallest absolute Gasteiger partial charge is 0.226 e. The van der Waals surface area contributed by atoms with Crippen LogP contribution in [0.1, 0.15) is 90.3 Å². The number of allylic oxidation sites excluding steroid dienone is 5. The van der Waals surface area contributed by atoms with Gasteiger partial charge in [0, 0.05) is 17.9 Å². The molecule has 0 radical (unpaired) electrons. The first kappa shape index (κ1) is 28.9. The molecule has 1 aliphatic heterocycles. The van der Waals surface area contributed by atoms with Crippen molar-refractivity contribution in [2.45, 2.75) is 90.8 Å². The van der Waals surface area contributed by atoms with E-state index in [1.54, 1.807) is 24.3 Å². The number of benzene rings is 1. The Balaban J connectivity index is 0.00000145. The summed E-state index contributed by atoms with van der Waals surface area (Å²) >= 11 is 0. The maximum atomic E-state index is 14.1. The average Bonchev–Trinajstić information content (AvgIpc) is 3.13. The fourth-order valence-electron chi connectivity index (χ4n) is 4.84. The Morgan fingerprint density at radius 1 is 1.28 bits per heavy atom. The number of nitriles is 2. The predicted octanol–water partition coefficient (Wildman–Crippen LogP) is 7.28. The first-order valence-corrected chi connectivity index (χ1v) is 12.7. The van der Waals surface area contributed by atoms with Gasteiger partial charge in [-0.2, -0.15) is 10.5 Å². The molecular weight excluding hydrogens is 453 g/mol. The summed E-state index contributed by atoms with van der Waals surface area (Å²) in [6.45, 7) is 13.2. The monoisotopic (exact) mass is 491 g/mol. The summed E-state index contributed by atoms with van der Waals surface area (Å²) in [7, 11) is 0. The summed E-state index contributed by atoms with van der Waals surface area (Å²) in [5, 5.41) is 18.4. The van der Waals surface area contributed by atoms with Crippen molar-refractivity contribution in [3.05, 3.63) is 71.3 Å². The summed E-state index contributed by atoms with van der Waals surface area (Å²) in [5.74, 6) is 0.258. The lowest BCUT2D eigenvalue weighted by atomic mass is 9.80. The highest BCUT2D eigenvalue weighted by atomic mass is 19.1. The summed E-state index contributed by atoms with van der Waals surface area (Å²) in [6.07, 6.45) is 9.72. The van der Waals surface area contributed by atoms with Crippen LogP contribution in [0.5, 0.6) is 0 Å². The van der Waals surface area contributed by atoms with E-state index in [0.717, 1.165) is 31.4 Å². The molecule has 1 saturated heterocycles. The molecule has 0 spiro atoms. The maximum absolute atomic E-state index is 14.1. The summed E-state index contributed by atoms with van der Waals surface area (Å²) in [6, 6.07) is 8.27. The molecule has 2 fully saturated rings. The zero-order valence-corrected chi connectivity index (χ0v) is 22.2. The molecule has 0 bridgehead atoms. The highest BCUT2D eigenvalue weighted by Crippen LogP contribution is 2.46. The molecule has 1 amide bonds. The second-order valence-electron chi connectivity index (χ2n) is 9.99. The van der Waals surface area contributed by atoms with Crippen LogP contribution in [0, 0.1) is 34.4 Å². The third kappa shape index (κ3) is 7.08. The van der Waals surface area contributed by atoms with E-state index < -0.39 is 5.82 Å². The van der Waals surface area contributed by atoms with E-state index >= 15 is 0 Å². The third-order valence-electron chi connectivity index (χ3n) is 6.68. The van der Waals surface area contributed by atoms with Crippen LogP contribution in [-0.4, -0.2) is 22.4 Å². The second-order valence-corrected chi connectivity index (χ2v) is 9.99. The van der Waals surface area contributed by atoms with Crippen LogP contribution in [0.15, 0.2) is 54.3 Å². The van der Waals surface area contributed by atoms with Gasteiger partial charge in [0.05, 0.1) is 41.2 Å². The van der Waals surface area contributed by atoms with Crippen LogP contribution in [0.2, 0.25) is 0 Å². The standard InChI is InChI=1S/C27H32FN3O2.C3H6/c1-5-7-23(12-18(6-2)16-29)33-24-14-21(15-24)26(32)31-25(8-9-27(31,3)4)20-10-19(17-30)11-22(28)13-20;1-3-2/h6,10-13,21,24-25H,5,7-9,14-15H2,1-4H3;3H,1H2,2H3/b18-6+,23-12+;. The van der Waals surface area contributed by atoms with Crippen LogP contribution in [0.25, 0.3) is 0 Å². The van der Waals surface area contributed by atoms with Crippen molar-refractivity contribution >= 4 is 5.91 Å². The number of rotatable bonds is 7. The van der Waals surface area contributed by atoms with Crippen molar-refractivity contribution in [2.75, 3.05) is 0 Å². The first-order chi connectivity index (χ1) is 17.1. The largest absolute Gasteiger partial charge is 0.495 e. The topological polar surface area (TPSA) is 77.1 Å². The number of likely N-dealkylation sites (tertiary alicyclic amines) is 1. The van der Waals surface area contributed by atoms with Crippen molar-refractivity contribution in [2.24, 2.45) is 5.92 Å². The lowest BCUT2D eigenvalue weighted by molar-refractivity contribution is -0.149. The van der Waals surface area contributed by atoms with Crippen LogP contribution >= 0.6 is 0 Å². The second kappa shape index (κ2) is 13.1. The fourth-order valence-corrected chi connectivity index (χ4v) is 4.84. The van der Waals surface area contributed by atoms with E-state index in [9.17, 15) is 19.7 Å². The number of hydrogen-bond acceptors (Lipinski definition) is 4. The molecule has 6 heteroatoms. The quantitative estimate of drug-likeness (QED) is 0.174. The van der Waals surface area contributed by atoms with Crippen molar-refractivity contribution < 1.29 is 13.9 Å². The van der Waals surface area contributed by atoms with E-state index in [1.807, 2.05) is 38.7 Å². The molecule has 1 saturated carbocycles. The lowest BCUT2D eigenvalue weighted by Crippen LogP contribution is -2.50. The highest BCUT2D eigenvalue weighted by Gasteiger charge is 2.48. The van der Waals surface area contributed by atoms with Crippen molar-refractivity contribution in [1.29, 1.82) is 10.5 Å². The van der Waals surface area contributed by atoms with Crippen LogP contribution in [0.3, 0.4) is 0 Å². The van der Waals surface area contributed by atoms with Gasteiger partial charge in [-0.25, -0.2) is 4.39 Å². The highest BCUT2D eigenvalue weighted by molar-refractivity contribution is 5.81. The van der Waals surface area contributed by atoms with Gasteiger partial charge in [-0.1, -0.05) is 19.1 Å². The van der Waals surface area contributed by atoms with Crippen LogP contribution < -0.4 is 0 Å². The average molecular weight is 492 g/mol. The van der Waals surface area contributed by atoms with E-state index in [1.165, 1.54) is 12.1 Å². The molecule has 3 rings (SSSR count). The van der Waals surface area contributed by atoms with Gasteiger partial charge in [-0.05, 0) is 89.6 Å². The minimum Gasteiger partial charge on any atom is -0.495 e. The number of amides is 1. The molecule has 0 N–H and O–H groups in total. The molecule has 0 aromatic heterocycles. The van der Waals surface area contributed by atoms with Gasteiger partial charge in [0.2, 0.25) is 5.91 Å². The van der Waals surface area contributed by atoms with E-state index in [2.05, 4.69) is 19.6 Å². The van der Waals surface area contributed by atoms with Crippen LogP contribution in [0.4, 0.5) is 4.39 Å². The van der Waals surface area contributed by atoms with Gasteiger partial charge in [0.15, 0.2) is 0 Å². The minimum atomic E-state index is -0.452. The van der Waals surface area contributed by atoms with Gasteiger partial charge in [-0.3, -0.25) is 4.79 Å². The molecule has 2 aliphatic rings. The van der Waals surface area contributed by atoms with E-state index in [0.29, 0.717) is 24.0 Å². The van der Waals surface area contributed by atoms with Crippen LogP contribution in [-0.2, 0) is 9.53 Å². The van der Waals surface area contributed by atoms with E-state index in [-0.39, 0.29) is 35.1 Å². The molecule has 36 heavy (non-hydrogen) atoms. The maximum Gasteiger partial charge on any atom is 0.226 e. The number of carbonyl (C=O) groups is 1. The number of halogens is 1. The number of ether oxygens (including phenoxy) is 1.